The van der Waals surface area contributed by atoms with Gasteiger partial charge in [0.05, 0.1) is 6.10 Å². The van der Waals surface area contributed by atoms with Crippen molar-refractivity contribution in [3.8, 4) is 0 Å². The number of ether oxygens (including phenoxy) is 1. The number of benzene rings is 1. The van der Waals surface area contributed by atoms with Crippen LogP contribution in [0.1, 0.15) is 28.8 Å². The van der Waals surface area contributed by atoms with Crippen LogP contribution in [0.25, 0.3) is 0 Å². The molecule has 20 heavy (non-hydrogen) atoms. The molecule has 108 valence electrons. The number of carbonyl (C=O) groups is 1. The maximum Gasteiger partial charge on any atom is 0.253 e. The monoisotopic (exact) mass is 277 g/mol. The second-order valence-corrected chi connectivity index (χ2v) is 4.79. The first-order chi connectivity index (χ1) is 9.65. The van der Waals surface area contributed by atoms with Gasteiger partial charge in [-0.1, -0.05) is 17.3 Å². The molecule has 1 saturated heterocycles. The Morgan fingerprint density at radius 1 is 1.30 bits per heavy atom. The third-order valence-corrected chi connectivity index (χ3v) is 3.60. The van der Waals surface area contributed by atoms with Gasteiger partial charge in [0.15, 0.2) is 5.84 Å². The van der Waals surface area contributed by atoms with Gasteiger partial charge in [-0.3, -0.25) is 4.79 Å². The highest BCUT2D eigenvalue weighted by Crippen LogP contribution is 2.16. The summed E-state index contributed by atoms with van der Waals surface area (Å²) in [6, 6.07) is 6.73. The summed E-state index contributed by atoms with van der Waals surface area (Å²) in [5, 5.41) is 11.5. The lowest BCUT2D eigenvalue weighted by Gasteiger charge is -2.31. The fourth-order valence-electron chi connectivity index (χ4n) is 2.32. The molecule has 1 fully saturated rings. The summed E-state index contributed by atoms with van der Waals surface area (Å²) in [6.07, 6.45) is 1.98. The molecule has 0 atom stereocenters. The van der Waals surface area contributed by atoms with Crippen LogP contribution in [0.5, 0.6) is 0 Å². The minimum absolute atomic E-state index is 0.00520. The van der Waals surface area contributed by atoms with Crippen LogP contribution in [-0.2, 0) is 4.74 Å². The summed E-state index contributed by atoms with van der Waals surface area (Å²) in [6.45, 7) is 1.42. The second-order valence-electron chi connectivity index (χ2n) is 4.79. The minimum atomic E-state index is 0.00520. The number of nitrogens with zero attached hydrogens (tertiary/aromatic N) is 2. The number of nitrogens with two attached hydrogens (primary N) is 1. The van der Waals surface area contributed by atoms with Crippen molar-refractivity contribution in [1.29, 1.82) is 0 Å². The predicted octanol–water partition coefficient (Wildman–Crippen LogP) is 1.03. The van der Waals surface area contributed by atoms with E-state index in [0.29, 0.717) is 24.2 Å². The molecule has 1 aromatic rings. The van der Waals surface area contributed by atoms with Gasteiger partial charge < -0.3 is 20.6 Å². The number of rotatable bonds is 3. The number of oxime groups is 1. The fraction of sp³-hybridized carbons (Fsp3) is 0.429. The van der Waals surface area contributed by atoms with E-state index in [2.05, 4.69) is 5.16 Å². The minimum Gasteiger partial charge on any atom is -0.409 e. The first kappa shape index (κ1) is 14.3. The van der Waals surface area contributed by atoms with Gasteiger partial charge in [-0.15, -0.1) is 0 Å². The lowest BCUT2D eigenvalue weighted by molar-refractivity contribution is 0.0351. The smallest absolute Gasteiger partial charge is 0.253 e. The van der Waals surface area contributed by atoms with Gasteiger partial charge in [0, 0.05) is 31.3 Å². The van der Waals surface area contributed by atoms with Gasteiger partial charge in [0.25, 0.3) is 5.91 Å². The molecule has 0 aliphatic carbocycles. The molecule has 6 nitrogen and oxygen atoms in total. The van der Waals surface area contributed by atoms with Crippen molar-refractivity contribution in [2.75, 3.05) is 20.2 Å². The molecule has 3 N–H and O–H groups in total. The first-order valence-electron chi connectivity index (χ1n) is 6.55. The Bertz CT molecular complexity index is 491. The molecule has 0 aromatic heterocycles. The van der Waals surface area contributed by atoms with E-state index in [-0.39, 0.29) is 17.8 Å². The van der Waals surface area contributed by atoms with Crippen LogP contribution in [0.15, 0.2) is 29.4 Å². The standard InChI is InChI=1S/C14H19N3O3/c1-20-12-6-8-17(9-7-12)14(18)11-4-2-10(3-5-11)13(15)16-19/h2-5,12,19H,6-9H2,1H3,(H2,15,16). The third-order valence-electron chi connectivity index (χ3n) is 3.60. The van der Waals surface area contributed by atoms with Crippen LogP contribution in [0.2, 0.25) is 0 Å². The first-order valence-corrected chi connectivity index (χ1v) is 6.55. The molecule has 0 spiro atoms. The van der Waals surface area contributed by atoms with E-state index < -0.39 is 0 Å². The summed E-state index contributed by atoms with van der Waals surface area (Å²) in [4.78, 5) is 14.1. The van der Waals surface area contributed by atoms with E-state index >= 15 is 0 Å². The number of hydrogen-bond acceptors (Lipinski definition) is 4. The molecular weight excluding hydrogens is 258 g/mol. The maximum atomic E-state index is 12.3. The zero-order valence-electron chi connectivity index (χ0n) is 11.5. The van der Waals surface area contributed by atoms with Crippen molar-refractivity contribution in [3.05, 3.63) is 35.4 Å². The van der Waals surface area contributed by atoms with Gasteiger partial charge in [-0.05, 0) is 25.0 Å². The number of methoxy groups -OCH3 is 1. The van der Waals surface area contributed by atoms with E-state index in [0.717, 1.165) is 12.8 Å². The molecular formula is C14H19N3O3. The Kier molecular flexibility index (Phi) is 4.57. The Morgan fingerprint density at radius 2 is 1.85 bits per heavy atom. The van der Waals surface area contributed by atoms with E-state index in [4.69, 9.17) is 15.7 Å². The van der Waals surface area contributed by atoms with Crippen LogP contribution >= 0.6 is 0 Å². The lowest BCUT2D eigenvalue weighted by atomic mass is 10.1. The molecule has 1 aliphatic rings. The van der Waals surface area contributed by atoms with Crippen LogP contribution in [0.3, 0.4) is 0 Å². The SMILES string of the molecule is COC1CCN(C(=O)c2ccc(/C(N)=N/O)cc2)CC1. The number of amidine groups is 1. The highest BCUT2D eigenvalue weighted by Gasteiger charge is 2.23. The van der Waals surface area contributed by atoms with Gasteiger partial charge >= 0.3 is 0 Å². The second kappa shape index (κ2) is 6.38. The van der Waals surface area contributed by atoms with Crippen LogP contribution in [0, 0.1) is 0 Å². The van der Waals surface area contributed by atoms with Gasteiger partial charge in [0.1, 0.15) is 0 Å². The Hall–Kier alpha value is -2.08. The summed E-state index contributed by atoms with van der Waals surface area (Å²) >= 11 is 0. The van der Waals surface area contributed by atoms with E-state index in [1.54, 1.807) is 31.4 Å². The third kappa shape index (κ3) is 3.08. The molecule has 0 saturated carbocycles. The summed E-state index contributed by atoms with van der Waals surface area (Å²) in [5.41, 5.74) is 6.68. The summed E-state index contributed by atoms with van der Waals surface area (Å²) in [7, 11) is 1.70. The molecule has 6 heteroatoms. The molecule has 1 heterocycles. The van der Waals surface area contributed by atoms with Crippen molar-refractivity contribution in [1.82, 2.24) is 4.90 Å². The zero-order chi connectivity index (χ0) is 14.5. The summed E-state index contributed by atoms with van der Waals surface area (Å²) < 4.78 is 5.29. The maximum absolute atomic E-state index is 12.3. The number of amides is 1. The lowest BCUT2D eigenvalue weighted by Crippen LogP contribution is -2.40. The van der Waals surface area contributed by atoms with E-state index in [1.807, 2.05) is 4.90 Å². The van der Waals surface area contributed by atoms with Gasteiger partial charge in [-0.25, -0.2) is 0 Å². The van der Waals surface area contributed by atoms with Crippen LogP contribution < -0.4 is 5.73 Å². The molecule has 1 aliphatic heterocycles. The van der Waals surface area contributed by atoms with Gasteiger partial charge in [0.2, 0.25) is 0 Å². The number of carbonyl (C=O) groups excluding carboxylic acids is 1. The molecule has 1 amide bonds. The van der Waals surface area contributed by atoms with Crippen molar-refractivity contribution in [3.63, 3.8) is 0 Å². The van der Waals surface area contributed by atoms with E-state index in [1.165, 1.54) is 0 Å². The van der Waals surface area contributed by atoms with Crippen molar-refractivity contribution in [2.24, 2.45) is 10.9 Å². The number of hydrogen-bond donors (Lipinski definition) is 2. The highest BCUT2D eigenvalue weighted by atomic mass is 16.5. The average Bonchev–Trinajstić information content (AvgIpc) is 2.53. The Balaban J connectivity index is 2.03. The molecule has 0 bridgehead atoms. The average molecular weight is 277 g/mol. The van der Waals surface area contributed by atoms with Crippen molar-refractivity contribution in [2.45, 2.75) is 18.9 Å². The molecule has 2 rings (SSSR count). The van der Waals surface area contributed by atoms with Crippen LogP contribution in [-0.4, -0.2) is 48.2 Å². The summed E-state index contributed by atoms with van der Waals surface area (Å²) in [5.74, 6) is 0.0375. The Morgan fingerprint density at radius 3 is 2.35 bits per heavy atom. The fourth-order valence-corrected chi connectivity index (χ4v) is 2.32. The normalized spacial score (nSPS) is 17.2. The van der Waals surface area contributed by atoms with Crippen LogP contribution in [0.4, 0.5) is 0 Å². The number of piperidine rings is 1. The van der Waals surface area contributed by atoms with E-state index in [9.17, 15) is 4.79 Å². The molecule has 0 unspecified atom stereocenters. The largest absolute Gasteiger partial charge is 0.409 e. The quantitative estimate of drug-likeness (QED) is 0.374. The molecule has 0 radical (unpaired) electrons. The molecule has 1 aromatic carbocycles. The van der Waals surface area contributed by atoms with Crippen molar-refractivity contribution >= 4 is 11.7 Å². The number of likely N-dealkylation sites (tertiary alicyclic amines) is 1. The predicted molar refractivity (Wildman–Crippen MR) is 74.9 cm³/mol. The highest BCUT2D eigenvalue weighted by molar-refractivity contribution is 5.99. The topological polar surface area (TPSA) is 88.2 Å². The zero-order valence-corrected chi connectivity index (χ0v) is 11.5. The van der Waals surface area contributed by atoms with Crippen molar-refractivity contribution < 1.29 is 14.7 Å². The van der Waals surface area contributed by atoms with Gasteiger partial charge in [-0.2, -0.15) is 0 Å². The Labute approximate surface area is 117 Å².